The zero-order chi connectivity index (χ0) is 27.4. The van der Waals surface area contributed by atoms with Crippen LogP contribution in [0.1, 0.15) is 0 Å². The Morgan fingerprint density at radius 1 is 0.500 bits per heavy atom. The third-order valence-electron chi connectivity index (χ3n) is 8.69. The van der Waals surface area contributed by atoms with Crippen LogP contribution in [-0.4, -0.2) is 9.13 Å². The summed E-state index contributed by atoms with van der Waals surface area (Å²) < 4.78 is 11.1. The number of aromatic nitrogens is 2. The van der Waals surface area contributed by atoms with Crippen molar-refractivity contribution in [1.29, 1.82) is 0 Å². The van der Waals surface area contributed by atoms with E-state index in [1.807, 2.05) is 23.9 Å². The highest BCUT2D eigenvalue weighted by molar-refractivity contribution is 7.99. The van der Waals surface area contributed by atoms with Crippen molar-refractivity contribution < 1.29 is 4.42 Å². The van der Waals surface area contributed by atoms with E-state index in [-0.39, 0.29) is 0 Å². The van der Waals surface area contributed by atoms with Gasteiger partial charge in [-0.2, -0.15) is 0 Å². The summed E-state index contributed by atoms with van der Waals surface area (Å²) in [4.78, 5) is 2.58. The third kappa shape index (κ3) is 2.92. The summed E-state index contributed by atoms with van der Waals surface area (Å²) in [5.41, 5.74) is 10.3. The molecule has 0 unspecified atom stereocenters. The second-order valence-electron chi connectivity index (χ2n) is 11.0. The molecule has 3 aromatic heterocycles. The SMILES string of the molecule is c1cc(-c2ccc3oc4ccccc4c3c2)cc(-n2c3ccccc3c3c4cccc5c4n(c32)-c2ccccc2S5)c1. The quantitative estimate of drug-likeness (QED) is 0.212. The normalized spacial score (nSPS) is 12.7. The van der Waals surface area contributed by atoms with Crippen LogP contribution in [0.25, 0.3) is 77.3 Å². The lowest BCUT2D eigenvalue weighted by Crippen LogP contribution is -2.05. The Bertz CT molecular complexity index is 2560. The molecule has 0 fully saturated rings. The monoisotopic (exact) mass is 554 g/mol. The molecule has 0 bridgehead atoms. The molecule has 4 heteroatoms. The van der Waals surface area contributed by atoms with Crippen LogP contribution >= 0.6 is 11.8 Å². The molecule has 196 valence electrons. The minimum absolute atomic E-state index is 0.917. The van der Waals surface area contributed by atoms with Crippen molar-refractivity contribution in [2.24, 2.45) is 0 Å². The molecule has 0 saturated carbocycles. The van der Waals surface area contributed by atoms with Crippen LogP contribution in [0.4, 0.5) is 0 Å². The number of fused-ring (bicyclic) bond motifs is 10. The fraction of sp³-hybridized carbons (Fsp3) is 0. The van der Waals surface area contributed by atoms with Gasteiger partial charge in [0.05, 0.1) is 16.7 Å². The molecule has 0 aliphatic carbocycles. The van der Waals surface area contributed by atoms with Crippen molar-refractivity contribution in [3.8, 4) is 22.5 Å². The molecular weight excluding hydrogens is 532 g/mol. The van der Waals surface area contributed by atoms with Gasteiger partial charge in [-0.3, -0.25) is 9.13 Å². The summed E-state index contributed by atoms with van der Waals surface area (Å²) >= 11 is 1.86. The minimum atomic E-state index is 0.917. The van der Waals surface area contributed by atoms with E-state index >= 15 is 0 Å². The Hall–Kier alpha value is -5.19. The molecule has 0 N–H and O–H groups in total. The van der Waals surface area contributed by atoms with Gasteiger partial charge < -0.3 is 4.42 Å². The predicted octanol–water partition coefficient (Wildman–Crippen LogP) is 10.8. The number of hydrogen-bond donors (Lipinski definition) is 0. The Kier molecular flexibility index (Phi) is 4.38. The van der Waals surface area contributed by atoms with E-state index in [1.165, 1.54) is 59.4 Å². The largest absolute Gasteiger partial charge is 0.456 e. The Morgan fingerprint density at radius 3 is 2.21 bits per heavy atom. The molecule has 0 atom stereocenters. The minimum Gasteiger partial charge on any atom is -0.456 e. The Labute approximate surface area is 245 Å². The number of rotatable bonds is 2. The fourth-order valence-electron chi connectivity index (χ4n) is 6.92. The van der Waals surface area contributed by atoms with Gasteiger partial charge in [0.25, 0.3) is 0 Å². The van der Waals surface area contributed by atoms with Crippen molar-refractivity contribution in [2.45, 2.75) is 9.79 Å². The van der Waals surface area contributed by atoms with E-state index < -0.39 is 0 Å². The topological polar surface area (TPSA) is 23.0 Å². The zero-order valence-corrected chi connectivity index (χ0v) is 23.2. The van der Waals surface area contributed by atoms with Gasteiger partial charge >= 0.3 is 0 Å². The van der Waals surface area contributed by atoms with Crippen molar-refractivity contribution in [3.63, 3.8) is 0 Å². The summed E-state index contributed by atoms with van der Waals surface area (Å²) in [5, 5.41) is 6.17. The van der Waals surface area contributed by atoms with E-state index in [9.17, 15) is 0 Å². The van der Waals surface area contributed by atoms with Gasteiger partial charge in [0, 0.05) is 42.4 Å². The first-order chi connectivity index (χ1) is 20.8. The zero-order valence-electron chi connectivity index (χ0n) is 22.4. The smallest absolute Gasteiger partial charge is 0.135 e. The number of hydrogen-bond acceptors (Lipinski definition) is 2. The summed E-state index contributed by atoms with van der Waals surface area (Å²) in [7, 11) is 0. The van der Waals surface area contributed by atoms with E-state index in [0.717, 1.165) is 27.6 Å². The standard InChI is InChI=1S/C38H22N2OS/c1-3-14-30-27(12-1)36-28-13-8-18-35-37(28)40(31-15-4-6-17-34(31)42-35)38(36)39(30)25-10-7-9-23(21-25)24-19-20-33-29(22-24)26-11-2-5-16-32(26)41-33/h1-22H. The lowest BCUT2D eigenvalue weighted by molar-refractivity contribution is 0.669. The first-order valence-electron chi connectivity index (χ1n) is 14.2. The average Bonchev–Trinajstić information content (AvgIpc) is 3.70. The first kappa shape index (κ1) is 22.5. The van der Waals surface area contributed by atoms with E-state index in [1.54, 1.807) is 0 Å². The second kappa shape index (κ2) is 8.19. The van der Waals surface area contributed by atoms with Crippen LogP contribution in [0.3, 0.4) is 0 Å². The molecule has 1 aliphatic heterocycles. The second-order valence-corrected chi connectivity index (χ2v) is 12.1. The van der Waals surface area contributed by atoms with Gasteiger partial charge in [-0.15, -0.1) is 0 Å². The van der Waals surface area contributed by atoms with Crippen LogP contribution in [0.15, 0.2) is 148 Å². The van der Waals surface area contributed by atoms with Gasteiger partial charge in [-0.1, -0.05) is 90.6 Å². The van der Waals surface area contributed by atoms with Gasteiger partial charge in [-0.25, -0.2) is 0 Å². The number of nitrogens with zero attached hydrogens (tertiary/aromatic N) is 2. The maximum absolute atomic E-state index is 6.11. The van der Waals surface area contributed by atoms with E-state index in [4.69, 9.17) is 4.42 Å². The van der Waals surface area contributed by atoms with E-state index in [0.29, 0.717) is 0 Å². The summed E-state index contributed by atoms with van der Waals surface area (Å²) in [6.45, 7) is 0. The molecule has 4 heterocycles. The molecule has 10 rings (SSSR count). The van der Waals surface area contributed by atoms with Crippen molar-refractivity contribution in [3.05, 3.63) is 133 Å². The molecule has 42 heavy (non-hydrogen) atoms. The Balaban J connectivity index is 1.29. The first-order valence-corrected chi connectivity index (χ1v) is 15.0. The maximum atomic E-state index is 6.11. The van der Waals surface area contributed by atoms with Crippen LogP contribution in [0.2, 0.25) is 0 Å². The summed E-state index contributed by atoms with van der Waals surface area (Å²) in [6, 6.07) is 48.1. The third-order valence-corrected chi connectivity index (χ3v) is 9.81. The number of benzene rings is 6. The van der Waals surface area contributed by atoms with Gasteiger partial charge in [0.2, 0.25) is 0 Å². The van der Waals surface area contributed by atoms with Crippen molar-refractivity contribution in [1.82, 2.24) is 9.13 Å². The van der Waals surface area contributed by atoms with E-state index in [2.05, 4.69) is 130 Å². The molecule has 9 aromatic rings. The molecule has 0 saturated heterocycles. The highest BCUT2D eigenvalue weighted by Crippen LogP contribution is 2.49. The lowest BCUT2D eigenvalue weighted by atomic mass is 10.0. The number of para-hydroxylation sites is 4. The molecule has 0 radical (unpaired) electrons. The molecule has 1 aliphatic rings. The molecule has 0 amide bonds. The van der Waals surface area contributed by atoms with Gasteiger partial charge in [0.1, 0.15) is 16.8 Å². The highest BCUT2D eigenvalue weighted by atomic mass is 32.2. The van der Waals surface area contributed by atoms with Crippen LogP contribution < -0.4 is 0 Å². The highest BCUT2D eigenvalue weighted by Gasteiger charge is 2.27. The van der Waals surface area contributed by atoms with Crippen LogP contribution in [-0.2, 0) is 0 Å². The van der Waals surface area contributed by atoms with Gasteiger partial charge in [0.15, 0.2) is 0 Å². The van der Waals surface area contributed by atoms with Gasteiger partial charge in [-0.05, 0) is 65.7 Å². The van der Waals surface area contributed by atoms with Crippen molar-refractivity contribution >= 4 is 66.5 Å². The average molecular weight is 555 g/mol. The maximum Gasteiger partial charge on any atom is 0.135 e. The molecule has 6 aromatic carbocycles. The predicted molar refractivity (Wildman–Crippen MR) is 174 cm³/mol. The van der Waals surface area contributed by atoms with Crippen molar-refractivity contribution in [2.75, 3.05) is 0 Å². The van der Waals surface area contributed by atoms with Crippen LogP contribution in [0, 0.1) is 0 Å². The molecule has 0 spiro atoms. The Morgan fingerprint density at radius 2 is 1.24 bits per heavy atom. The summed E-state index contributed by atoms with van der Waals surface area (Å²) in [5.74, 6) is 0. The lowest BCUT2D eigenvalue weighted by Gasteiger charge is -2.21. The number of furan rings is 1. The van der Waals surface area contributed by atoms with Crippen LogP contribution in [0.5, 0.6) is 0 Å². The molecular formula is C38H22N2OS. The fourth-order valence-corrected chi connectivity index (χ4v) is 8.01. The summed E-state index contributed by atoms with van der Waals surface area (Å²) in [6.07, 6.45) is 0. The molecule has 3 nitrogen and oxygen atoms in total.